The van der Waals surface area contributed by atoms with Gasteiger partial charge in [0, 0.05) is 5.56 Å². The topological polar surface area (TPSA) is 64.4 Å². The molecule has 5 nitrogen and oxygen atoms in total. The molecule has 0 fully saturated rings. The summed E-state index contributed by atoms with van der Waals surface area (Å²) in [4.78, 5) is 11.2. The van der Waals surface area contributed by atoms with Gasteiger partial charge in [-0.1, -0.05) is 73.5 Å². The van der Waals surface area contributed by atoms with Gasteiger partial charge in [0.1, 0.15) is 18.0 Å². The van der Waals surface area contributed by atoms with E-state index in [1.54, 1.807) is 30.3 Å². The van der Waals surface area contributed by atoms with Gasteiger partial charge in [0.15, 0.2) is 0 Å². The second-order valence-corrected chi connectivity index (χ2v) is 10.5. The summed E-state index contributed by atoms with van der Waals surface area (Å²) in [5.74, 6) is 0.234. The van der Waals surface area contributed by atoms with E-state index in [0.29, 0.717) is 28.3 Å². The lowest BCUT2D eigenvalue weighted by Crippen LogP contribution is -2.10. The number of nitrogens with zero attached hydrogens (tertiary/aromatic N) is 2. The van der Waals surface area contributed by atoms with Gasteiger partial charge in [-0.2, -0.15) is 5.10 Å². The summed E-state index contributed by atoms with van der Waals surface area (Å²) < 4.78 is 8.09. The van der Waals surface area contributed by atoms with Crippen molar-refractivity contribution in [3.05, 3.63) is 110 Å². The molecule has 0 spiro atoms. The Balaban J connectivity index is 1.59. The summed E-state index contributed by atoms with van der Waals surface area (Å²) in [7, 11) is 0. The molecule has 0 amide bonds. The van der Waals surface area contributed by atoms with E-state index < -0.39 is 5.97 Å². The molecule has 0 saturated heterocycles. The lowest BCUT2D eigenvalue weighted by atomic mass is 10.0. The highest BCUT2D eigenvalue weighted by molar-refractivity contribution is 6.37. The molecule has 0 aliphatic carbocycles. The van der Waals surface area contributed by atoms with E-state index in [1.165, 1.54) is 0 Å². The first-order chi connectivity index (χ1) is 18.1. The number of aromatic nitrogens is 2. The SMILES string of the molecule is Cc1cc(OCc2c(CC(C)C)c(C)nn2-c2c(Cl)cccc2Cl)ccc1/C=C/c1cccc(C(=O)O)c1. The van der Waals surface area contributed by atoms with Crippen LogP contribution >= 0.6 is 23.2 Å². The molecule has 0 radical (unpaired) electrons. The molecule has 1 heterocycles. The molecule has 4 aromatic rings. The molecule has 7 heteroatoms. The molecule has 1 aromatic heterocycles. The largest absolute Gasteiger partial charge is 0.487 e. The summed E-state index contributed by atoms with van der Waals surface area (Å²) in [6, 6.07) is 18.2. The highest BCUT2D eigenvalue weighted by Gasteiger charge is 2.21. The highest BCUT2D eigenvalue weighted by atomic mass is 35.5. The van der Waals surface area contributed by atoms with Gasteiger partial charge in [0.05, 0.1) is 27.0 Å². The monoisotopic (exact) mass is 548 g/mol. The molecule has 0 unspecified atom stereocenters. The Labute approximate surface area is 233 Å². The number of carboxylic acids is 1. The fourth-order valence-electron chi connectivity index (χ4n) is 4.34. The molecule has 0 bridgehead atoms. The zero-order valence-corrected chi connectivity index (χ0v) is 23.3. The number of para-hydroxylation sites is 1. The fraction of sp³-hybridized carbons (Fsp3) is 0.226. The van der Waals surface area contributed by atoms with Crippen LogP contribution in [0.3, 0.4) is 0 Å². The smallest absolute Gasteiger partial charge is 0.335 e. The molecule has 0 saturated carbocycles. The quantitative estimate of drug-likeness (QED) is 0.213. The molecule has 0 atom stereocenters. The van der Waals surface area contributed by atoms with E-state index in [4.69, 9.17) is 33.0 Å². The third-order valence-corrected chi connectivity index (χ3v) is 6.87. The van der Waals surface area contributed by atoms with Crippen LogP contribution in [-0.2, 0) is 13.0 Å². The van der Waals surface area contributed by atoms with Crippen LogP contribution in [0.1, 0.15) is 57.8 Å². The van der Waals surface area contributed by atoms with Crippen LogP contribution in [0, 0.1) is 19.8 Å². The van der Waals surface area contributed by atoms with Gasteiger partial charge in [-0.25, -0.2) is 9.48 Å². The number of benzene rings is 3. The van der Waals surface area contributed by atoms with Crippen molar-refractivity contribution in [2.75, 3.05) is 0 Å². The lowest BCUT2D eigenvalue weighted by Gasteiger charge is -2.15. The van der Waals surface area contributed by atoms with Crippen molar-refractivity contribution in [3.8, 4) is 11.4 Å². The molecule has 38 heavy (non-hydrogen) atoms. The molecule has 0 aliphatic heterocycles. The fourth-order valence-corrected chi connectivity index (χ4v) is 4.90. The average molecular weight is 549 g/mol. The predicted octanol–water partition coefficient (Wildman–Crippen LogP) is 8.44. The number of hydrogen-bond acceptors (Lipinski definition) is 3. The van der Waals surface area contributed by atoms with Crippen LogP contribution in [0.5, 0.6) is 5.75 Å². The van der Waals surface area contributed by atoms with Crippen molar-refractivity contribution in [1.82, 2.24) is 9.78 Å². The molecule has 0 aliphatic rings. The van der Waals surface area contributed by atoms with Gasteiger partial charge < -0.3 is 9.84 Å². The second-order valence-electron chi connectivity index (χ2n) is 9.66. The van der Waals surface area contributed by atoms with E-state index in [9.17, 15) is 9.90 Å². The van der Waals surface area contributed by atoms with E-state index in [2.05, 4.69) is 13.8 Å². The van der Waals surface area contributed by atoms with Crippen molar-refractivity contribution < 1.29 is 14.6 Å². The van der Waals surface area contributed by atoms with Crippen molar-refractivity contribution in [2.45, 2.75) is 40.7 Å². The van der Waals surface area contributed by atoms with Gasteiger partial charge in [0.2, 0.25) is 0 Å². The van der Waals surface area contributed by atoms with E-state index >= 15 is 0 Å². The predicted molar refractivity (Wildman–Crippen MR) is 155 cm³/mol. The van der Waals surface area contributed by atoms with Crippen LogP contribution in [-0.4, -0.2) is 20.9 Å². The molecule has 4 rings (SSSR count). The maximum atomic E-state index is 11.2. The van der Waals surface area contributed by atoms with Crippen molar-refractivity contribution in [1.29, 1.82) is 0 Å². The zero-order chi connectivity index (χ0) is 27.4. The van der Waals surface area contributed by atoms with E-state index in [0.717, 1.165) is 45.8 Å². The van der Waals surface area contributed by atoms with Crippen molar-refractivity contribution >= 4 is 41.3 Å². The second kappa shape index (κ2) is 11.9. The molecular formula is C31H30Cl2N2O3. The lowest BCUT2D eigenvalue weighted by molar-refractivity contribution is 0.0697. The number of rotatable bonds is 9. The van der Waals surface area contributed by atoms with Gasteiger partial charge in [-0.3, -0.25) is 0 Å². The first-order valence-corrected chi connectivity index (χ1v) is 13.2. The Morgan fingerprint density at radius 3 is 2.39 bits per heavy atom. The zero-order valence-electron chi connectivity index (χ0n) is 21.8. The summed E-state index contributed by atoms with van der Waals surface area (Å²) in [6.45, 7) is 8.68. The minimum absolute atomic E-state index is 0.261. The third-order valence-electron chi connectivity index (χ3n) is 6.26. The Hall–Kier alpha value is -3.54. The Morgan fingerprint density at radius 1 is 1.03 bits per heavy atom. The normalized spacial score (nSPS) is 11.4. The van der Waals surface area contributed by atoms with Gasteiger partial charge in [-0.05, 0) is 79.3 Å². The average Bonchev–Trinajstić information content (AvgIpc) is 3.16. The van der Waals surface area contributed by atoms with Crippen LogP contribution in [0.4, 0.5) is 0 Å². The first kappa shape index (κ1) is 27.5. The molecular weight excluding hydrogens is 519 g/mol. The number of halogens is 2. The maximum Gasteiger partial charge on any atom is 0.335 e. The summed E-state index contributed by atoms with van der Waals surface area (Å²) in [5, 5.41) is 15.1. The Kier molecular flexibility index (Phi) is 8.60. The summed E-state index contributed by atoms with van der Waals surface area (Å²) >= 11 is 13.1. The number of aryl methyl sites for hydroxylation is 2. The first-order valence-electron chi connectivity index (χ1n) is 12.4. The third kappa shape index (κ3) is 6.29. The van der Waals surface area contributed by atoms with E-state index in [-0.39, 0.29) is 5.56 Å². The summed E-state index contributed by atoms with van der Waals surface area (Å²) in [6.07, 6.45) is 4.74. The number of ether oxygens (including phenoxy) is 1. The Morgan fingerprint density at radius 2 is 1.74 bits per heavy atom. The highest BCUT2D eigenvalue weighted by Crippen LogP contribution is 2.32. The number of hydrogen-bond donors (Lipinski definition) is 1. The molecule has 1 N–H and O–H groups in total. The minimum Gasteiger partial charge on any atom is -0.487 e. The summed E-state index contributed by atoms with van der Waals surface area (Å²) in [5.41, 5.74) is 6.77. The van der Waals surface area contributed by atoms with Gasteiger partial charge >= 0.3 is 5.97 Å². The van der Waals surface area contributed by atoms with E-state index in [1.807, 2.05) is 61.0 Å². The Bertz CT molecular complexity index is 1480. The van der Waals surface area contributed by atoms with Crippen LogP contribution < -0.4 is 4.74 Å². The number of aromatic carboxylic acids is 1. The van der Waals surface area contributed by atoms with Crippen LogP contribution in [0.2, 0.25) is 10.0 Å². The number of carbonyl (C=O) groups is 1. The van der Waals surface area contributed by atoms with Crippen LogP contribution in [0.25, 0.3) is 17.8 Å². The molecule has 196 valence electrons. The van der Waals surface area contributed by atoms with Crippen molar-refractivity contribution in [2.24, 2.45) is 5.92 Å². The maximum absolute atomic E-state index is 11.2. The van der Waals surface area contributed by atoms with Crippen molar-refractivity contribution in [3.63, 3.8) is 0 Å². The van der Waals surface area contributed by atoms with Crippen LogP contribution in [0.15, 0.2) is 60.7 Å². The standard InChI is InChI=1S/C31H30Cl2N2O3/c1-19(2)15-26-21(4)34-35(30-27(32)9-6-10-28(30)33)29(26)18-38-25-14-13-23(20(3)16-25)12-11-22-7-5-8-24(17-22)31(36)37/h5-14,16-17,19H,15,18H2,1-4H3,(H,36,37)/b12-11+. The van der Waals surface area contributed by atoms with Gasteiger partial charge in [0.25, 0.3) is 0 Å². The number of carboxylic acid groups (broad SMARTS) is 1. The minimum atomic E-state index is -0.942. The van der Waals surface area contributed by atoms with Gasteiger partial charge in [-0.15, -0.1) is 0 Å². The molecule has 3 aromatic carbocycles.